The lowest BCUT2D eigenvalue weighted by molar-refractivity contribution is 0.239. The van der Waals surface area contributed by atoms with Crippen LogP contribution >= 0.6 is 0 Å². The lowest BCUT2D eigenvalue weighted by Crippen LogP contribution is -2.35. The van der Waals surface area contributed by atoms with Crippen LogP contribution in [0, 0.1) is 0 Å². The largest absolute Gasteiger partial charge is 0.467 e. The van der Waals surface area contributed by atoms with Gasteiger partial charge >= 0.3 is 6.03 Å². The zero-order valence-electron chi connectivity index (χ0n) is 9.79. The van der Waals surface area contributed by atoms with Crippen molar-refractivity contribution in [1.82, 2.24) is 10.6 Å². The van der Waals surface area contributed by atoms with Gasteiger partial charge in [0, 0.05) is 6.54 Å². The Bertz CT molecular complexity index is 283. The first kappa shape index (κ1) is 12.6. The number of urea groups is 1. The van der Waals surface area contributed by atoms with Crippen LogP contribution in [0.2, 0.25) is 0 Å². The van der Waals surface area contributed by atoms with Crippen molar-refractivity contribution in [1.29, 1.82) is 0 Å². The average molecular weight is 224 g/mol. The Balaban J connectivity index is 1.99. The van der Waals surface area contributed by atoms with E-state index >= 15 is 0 Å². The third-order valence-electron chi connectivity index (χ3n) is 2.32. The number of hydrogen-bond acceptors (Lipinski definition) is 2. The minimum atomic E-state index is -0.132. The number of hydrogen-bond donors (Lipinski definition) is 2. The third kappa shape index (κ3) is 5.44. The Morgan fingerprint density at radius 1 is 1.31 bits per heavy atom. The topological polar surface area (TPSA) is 54.3 Å². The molecule has 0 spiro atoms. The number of rotatable bonds is 7. The van der Waals surface area contributed by atoms with Gasteiger partial charge in [0.1, 0.15) is 5.76 Å². The molecule has 1 rings (SSSR count). The number of nitrogens with one attached hydrogen (secondary N) is 2. The molecule has 2 N–H and O–H groups in total. The third-order valence-corrected chi connectivity index (χ3v) is 2.32. The Morgan fingerprint density at radius 2 is 2.19 bits per heavy atom. The standard InChI is InChI=1S/C12H20N2O2/c1-2-3-4-5-8-13-12(15)14-10-11-7-6-9-16-11/h6-7,9H,2-5,8,10H2,1H3,(H2,13,14,15). The van der Waals surface area contributed by atoms with Gasteiger partial charge < -0.3 is 15.1 Å². The van der Waals surface area contributed by atoms with Gasteiger partial charge in [-0.25, -0.2) is 4.79 Å². The van der Waals surface area contributed by atoms with Crippen LogP contribution in [-0.2, 0) is 6.54 Å². The SMILES string of the molecule is CCCCCCNC(=O)NCc1ccco1. The molecule has 2 amide bonds. The van der Waals surface area contributed by atoms with Gasteiger partial charge in [0.15, 0.2) is 0 Å². The number of furan rings is 1. The van der Waals surface area contributed by atoms with Crippen LogP contribution < -0.4 is 10.6 Å². The van der Waals surface area contributed by atoms with E-state index in [1.54, 1.807) is 12.3 Å². The lowest BCUT2D eigenvalue weighted by atomic mass is 10.2. The highest BCUT2D eigenvalue weighted by atomic mass is 16.3. The van der Waals surface area contributed by atoms with Crippen molar-refractivity contribution in [3.63, 3.8) is 0 Å². The molecule has 0 unspecified atom stereocenters. The van der Waals surface area contributed by atoms with E-state index in [1.807, 2.05) is 6.07 Å². The van der Waals surface area contributed by atoms with Gasteiger partial charge in [-0.3, -0.25) is 0 Å². The van der Waals surface area contributed by atoms with Crippen LogP contribution in [0.1, 0.15) is 38.4 Å². The molecular formula is C12H20N2O2. The number of carbonyl (C=O) groups excluding carboxylic acids is 1. The molecule has 1 aromatic heterocycles. The quantitative estimate of drug-likeness (QED) is 0.699. The molecule has 16 heavy (non-hydrogen) atoms. The van der Waals surface area contributed by atoms with Crippen molar-refractivity contribution in [2.24, 2.45) is 0 Å². The number of amides is 2. The fraction of sp³-hybridized carbons (Fsp3) is 0.583. The van der Waals surface area contributed by atoms with Crippen molar-refractivity contribution in [2.45, 2.75) is 39.2 Å². The highest BCUT2D eigenvalue weighted by Gasteiger charge is 2.00. The van der Waals surface area contributed by atoms with E-state index in [9.17, 15) is 4.79 Å². The summed E-state index contributed by atoms with van der Waals surface area (Å²) >= 11 is 0. The summed E-state index contributed by atoms with van der Waals surface area (Å²) in [4.78, 5) is 11.3. The monoisotopic (exact) mass is 224 g/mol. The van der Waals surface area contributed by atoms with Gasteiger partial charge in [-0.15, -0.1) is 0 Å². The van der Waals surface area contributed by atoms with Crippen molar-refractivity contribution in [3.8, 4) is 0 Å². The molecule has 0 aromatic carbocycles. The van der Waals surface area contributed by atoms with E-state index in [2.05, 4.69) is 17.6 Å². The molecule has 4 heteroatoms. The maximum Gasteiger partial charge on any atom is 0.315 e. The minimum absolute atomic E-state index is 0.132. The van der Waals surface area contributed by atoms with Crippen molar-refractivity contribution >= 4 is 6.03 Å². The molecule has 0 aliphatic heterocycles. The van der Waals surface area contributed by atoms with Crippen LogP contribution in [0.25, 0.3) is 0 Å². The predicted molar refractivity (Wildman–Crippen MR) is 63.1 cm³/mol. The lowest BCUT2D eigenvalue weighted by Gasteiger charge is -2.05. The Hall–Kier alpha value is -1.45. The highest BCUT2D eigenvalue weighted by molar-refractivity contribution is 5.73. The van der Waals surface area contributed by atoms with Gasteiger partial charge in [0.25, 0.3) is 0 Å². The van der Waals surface area contributed by atoms with Gasteiger partial charge in [-0.2, -0.15) is 0 Å². The molecule has 4 nitrogen and oxygen atoms in total. The molecule has 1 heterocycles. The first-order valence-electron chi connectivity index (χ1n) is 5.87. The van der Waals surface area contributed by atoms with Crippen LogP contribution in [0.4, 0.5) is 4.79 Å². The summed E-state index contributed by atoms with van der Waals surface area (Å²) in [5.41, 5.74) is 0. The molecule has 0 fully saturated rings. The van der Waals surface area contributed by atoms with E-state index < -0.39 is 0 Å². The van der Waals surface area contributed by atoms with E-state index in [4.69, 9.17) is 4.42 Å². The molecule has 0 atom stereocenters. The zero-order chi connectivity index (χ0) is 11.6. The summed E-state index contributed by atoms with van der Waals surface area (Å²) in [5, 5.41) is 5.54. The van der Waals surface area contributed by atoms with E-state index in [1.165, 1.54) is 19.3 Å². The van der Waals surface area contributed by atoms with Crippen LogP contribution in [0.15, 0.2) is 22.8 Å². The second-order valence-corrected chi connectivity index (χ2v) is 3.75. The number of unbranched alkanes of at least 4 members (excludes halogenated alkanes) is 3. The minimum Gasteiger partial charge on any atom is -0.467 e. The predicted octanol–water partition coefficient (Wildman–Crippen LogP) is 2.66. The molecule has 0 aliphatic carbocycles. The van der Waals surface area contributed by atoms with Crippen molar-refractivity contribution < 1.29 is 9.21 Å². The van der Waals surface area contributed by atoms with Gasteiger partial charge in [0.2, 0.25) is 0 Å². The first-order chi connectivity index (χ1) is 7.83. The van der Waals surface area contributed by atoms with Crippen molar-refractivity contribution in [2.75, 3.05) is 6.54 Å². The normalized spacial score (nSPS) is 10.1. The molecule has 0 bridgehead atoms. The number of carbonyl (C=O) groups is 1. The Labute approximate surface area is 96.4 Å². The molecule has 90 valence electrons. The molecule has 1 aromatic rings. The fourth-order valence-corrected chi connectivity index (χ4v) is 1.40. The summed E-state index contributed by atoms with van der Waals surface area (Å²) in [6, 6.07) is 3.51. The molecular weight excluding hydrogens is 204 g/mol. The van der Waals surface area contributed by atoms with Gasteiger partial charge in [-0.05, 0) is 18.6 Å². The highest BCUT2D eigenvalue weighted by Crippen LogP contribution is 1.98. The summed E-state index contributed by atoms with van der Waals surface area (Å²) in [5.74, 6) is 0.765. The Morgan fingerprint density at radius 3 is 2.88 bits per heavy atom. The van der Waals surface area contributed by atoms with Crippen LogP contribution in [-0.4, -0.2) is 12.6 Å². The van der Waals surface area contributed by atoms with Gasteiger partial charge in [0.05, 0.1) is 12.8 Å². The van der Waals surface area contributed by atoms with E-state index in [-0.39, 0.29) is 6.03 Å². The Kier molecular flexibility index (Phi) is 6.15. The van der Waals surface area contributed by atoms with Crippen LogP contribution in [0.5, 0.6) is 0 Å². The molecule has 0 saturated heterocycles. The van der Waals surface area contributed by atoms with Gasteiger partial charge in [-0.1, -0.05) is 26.2 Å². The molecule has 0 radical (unpaired) electrons. The average Bonchev–Trinajstić information content (AvgIpc) is 2.79. The maximum atomic E-state index is 11.3. The molecule has 0 aliphatic rings. The fourth-order valence-electron chi connectivity index (χ4n) is 1.40. The summed E-state index contributed by atoms with van der Waals surface area (Å²) in [6.07, 6.45) is 6.26. The summed E-state index contributed by atoms with van der Waals surface area (Å²) < 4.78 is 5.10. The summed E-state index contributed by atoms with van der Waals surface area (Å²) in [7, 11) is 0. The maximum absolute atomic E-state index is 11.3. The van der Waals surface area contributed by atoms with Crippen LogP contribution in [0.3, 0.4) is 0 Å². The van der Waals surface area contributed by atoms with E-state index in [0.29, 0.717) is 6.54 Å². The second kappa shape index (κ2) is 7.79. The second-order valence-electron chi connectivity index (χ2n) is 3.75. The smallest absolute Gasteiger partial charge is 0.315 e. The summed E-state index contributed by atoms with van der Waals surface area (Å²) in [6.45, 7) is 3.35. The first-order valence-corrected chi connectivity index (χ1v) is 5.87. The van der Waals surface area contributed by atoms with Crippen molar-refractivity contribution in [3.05, 3.63) is 24.2 Å². The molecule has 0 saturated carbocycles. The zero-order valence-corrected chi connectivity index (χ0v) is 9.79. The van der Waals surface area contributed by atoms with E-state index in [0.717, 1.165) is 18.7 Å².